The molecule has 0 fully saturated rings. The van der Waals surface area contributed by atoms with Gasteiger partial charge in [-0.05, 0) is 35.8 Å². The molecular formula is C27H24N4O9. The van der Waals surface area contributed by atoms with Gasteiger partial charge in [-0.15, -0.1) is 0 Å². The van der Waals surface area contributed by atoms with E-state index in [-0.39, 0.29) is 27.8 Å². The molecule has 0 atom stereocenters. The topological polar surface area (TPSA) is 182 Å². The summed E-state index contributed by atoms with van der Waals surface area (Å²) in [6, 6.07) is 10.4. The summed E-state index contributed by atoms with van der Waals surface area (Å²) < 4.78 is 5.77. The Morgan fingerprint density at radius 2 is 1.18 bits per heavy atom. The Morgan fingerprint density at radius 1 is 0.675 bits per heavy atom. The summed E-state index contributed by atoms with van der Waals surface area (Å²) >= 11 is 0. The number of nitro groups is 4. The second kappa shape index (κ2) is 11.7. The maximum Gasteiger partial charge on any atom is 0.284 e. The van der Waals surface area contributed by atoms with Crippen molar-refractivity contribution in [2.75, 3.05) is 6.61 Å². The van der Waals surface area contributed by atoms with Crippen LogP contribution in [0.15, 0.2) is 48.5 Å². The fourth-order valence-electron chi connectivity index (χ4n) is 4.70. The average molecular weight is 549 g/mol. The molecular weight excluding hydrogens is 524 g/mol. The first kappa shape index (κ1) is 27.8. The monoisotopic (exact) mass is 548 g/mol. The lowest BCUT2D eigenvalue weighted by atomic mass is 10.00. The van der Waals surface area contributed by atoms with Gasteiger partial charge >= 0.3 is 0 Å². The summed E-state index contributed by atoms with van der Waals surface area (Å²) in [5, 5.41) is 47.0. The van der Waals surface area contributed by atoms with Crippen LogP contribution in [-0.2, 0) is 0 Å². The molecule has 0 bridgehead atoms. The van der Waals surface area contributed by atoms with Crippen LogP contribution in [0.2, 0.25) is 0 Å². The minimum atomic E-state index is -0.863. The normalized spacial score (nSPS) is 11.5. The van der Waals surface area contributed by atoms with E-state index in [1.807, 2.05) is 0 Å². The lowest BCUT2D eigenvalue weighted by Crippen LogP contribution is -1.99. The van der Waals surface area contributed by atoms with Gasteiger partial charge in [-0.3, -0.25) is 40.5 Å². The first-order chi connectivity index (χ1) is 19.1. The number of nitro benzene ring substituents is 4. The Balaban J connectivity index is 1.83. The van der Waals surface area contributed by atoms with Crippen LogP contribution in [0.1, 0.15) is 55.7 Å². The van der Waals surface area contributed by atoms with Gasteiger partial charge in [0, 0.05) is 23.3 Å². The van der Waals surface area contributed by atoms with Crippen LogP contribution in [0.3, 0.4) is 0 Å². The highest BCUT2D eigenvalue weighted by Crippen LogP contribution is 2.54. The van der Waals surface area contributed by atoms with E-state index >= 15 is 0 Å². The predicted octanol–water partition coefficient (Wildman–Crippen LogP) is 7.24. The SMILES string of the molecule is CCCCCCCOc1ccc(C=C2c3cc([N+](=O)[O-])cc([N+](=O)[O-])c3-c3c2cc([N+](=O)[O-])cc3[N+](=O)[O-])cc1. The largest absolute Gasteiger partial charge is 0.494 e. The third-order valence-corrected chi connectivity index (χ3v) is 6.56. The lowest BCUT2D eigenvalue weighted by Gasteiger charge is -2.07. The molecule has 0 saturated heterocycles. The number of non-ortho nitro benzene ring substituents is 2. The van der Waals surface area contributed by atoms with Gasteiger partial charge in [0.25, 0.3) is 22.7 Å². The fourth-order valence-corrected chi connectivity index (χ4v) is 4.70. The van der Waals surface area contributed by atoms with E-state index in [1.165, 1.54) is 12.5 Å². The zero-order valence-electron chi connectivity index (χ0n) is 21.4. The molecule has 3 aromatic carbocycles. The van der Waals surface area contributed by atoms with Gasteiger partial charge in [-0.1, -0.05) is 44.7 Å². The van der Waals surface area contributed by atoms with E-state index in [1.54, 1.807) is 24.3 Å². The van der Waals surface area contributed by atoms with Crippen LogP contribution >= 0.6 is 0 Å². The van der Waals surface area contributed by atoms with E-state index in [0.717, 1.165) is 49.9 Å². The van der Waals surface area contributed by atoms with E-state index in [4.69, 9.17) is 4.74 Å². The predicted molar refractivity (Wildman–Crippen MR) is 146 cm³/mol. The minimum Gasteiger partial charge on any atom is -0.494 e. The average Bonchev–Trinajstić information content (AvgIpc) is 3.23. The number of hydrogen-bond donors (Lipinski definition) is 0. The van der Waals surface area contributed by atoms with E-state index in [0.29, 0.717) is 17.9 Å². The molecule has 206 valence electrons. The molecule has 0 amide bonds. The zero-order chi connectivity index (χ0) is 29.0. The summed E-state index contributed by atoms with van der Waals surface area (Å²) in [5.41, 5.74) is -2.35. The van der Waals surface area contributed by atoms with Crippen molar-refractivity contribution >= 4 is 34.4 Å². The Kier molecular flexibility index (Phi) is 8.12. The summed E-state index contributed by atoms with van der Waals surface area (Å²) in [4.78, 5) is 43.7. The maximum absolute atomic E-state index is 11.9. The molecule has 3 aromatic rings. The number of fused-ring (bicyclic) bond motifs is 3. The number of nitrogens with zero attached hydrogens (tertiary/aromatic N) is 4. The van der Waals surface area contributed by atoms with Gasteiger partial charge in [0.15, 0.2) is 0 Å². The van der Waals surface area contributed by atoms with Crippen LogP contribution < -0.4 is 4.74 Å². The van der Waals surface area contributed by atoms with Crippen molar-refractivity contribution in [2.24, 2.45) is 0 Å². The zero-order valence-corrected chi connectivity index (χ0v) is 21.4. The second-order valence-electron chi connectivity index (χ2n) is 9.19. The second-order valence-corrected chi connectivity index (χ2v) is 9.19. The molecule has 1 aliphatic carbocycles. The summed E-state index contributed by atoms with van der Waals surface area (Å²) in [6.07, 6.45) is 6.96. The smallest absolute Gasteiger partial charge is 0.284 e. The Morgan fingerprint density at radius 3 is 1.62 bits per heavy atom. The standard InChI is InChI=1S/C27H24N4O9/c1-2-3-4-5-6-11-40-20-9-7-17(8-10-20)12-21-22-13-18(28(32)33)15-24(30(36)37)26(22)27-23(21)14-19(29(34)35)16-25(27)31(38)39/h7-10,12-16H,2-6,11H2,1H3. The van der Waals surface area contributed by atoms with Crippen molar-refractivity contribution in [1.29, 1.82) is 0 Å². The fraction of sp³-hybridized carbons (Fsp3) is 0.259. The van der Waals surface area contributed by atoms with Gasteiger partial charge in [0.1, 0.15) is 5.75 Å². The summed E-state index contributed by atoms with van der Waals surface area (Å²) in [6.45, 7) is 2.69. The molecule has 0 heterocycles. The first-order valence-electron chi connectivity index (χ1n) is 12.5. The molecule has 40 heavy (non-hydrogen) atoms. The Labute approximate surface area is 227 Å². The Bertz CT molecular complexity index is 1470. The van der Waals surface area contributed by atoms with Gasteiger partial charge < -0.3 is 4.74 Å². The summed E-state index contributed by atoms with van der Waals surface area (Å²) in [7, 11) is 0. The molecule has 0 saturated carbocycles. The summed E-state index contributed by atoms with van der Waals surface area (Å²) in [5.74, 6) is 0.613. The van der Waals surface area contributed by atoms with E-state index < -0.39 is 42.4 Å². The molecule has 0 radical (unpaired) electrons. The third-order valence-electron chi connectivity index (χ3n) is 6.56. The number of rotatable bonds is 12. The van der Waals surface area contributed by atoms with E-state index in [9.17, 15) is 40.5 Å². The van der Waals surface area contributed by atoms with E-state index in [2.05, 4.69) is 6.92 Å². The molecule has 0 unspecified atom stereocenters. The molecule has 0 aliphatic heterocycles. The number of ether oxygens (including phenoxy) is 1. The van der Waals surface area contributed by atoms with Gasteiger partial charge in [-0.2, -0.15) is 0 Å². The molecule has 13 heteroatoms. The van der Waals surface area contributed by atoms with Crippen LogP contribution in [0, 0.1) is 40.5 Å². The van der Waals surface area contributed by atoms with Gasteiger partial charge in [0.2, 0.25) is 0 Å². The molecule has 13 nitrogen and oxygen atoms in total. The van der Waals surface area contributed by atoms with Crippen LogP contribution in [0.5, 0.6) is 5.75 Å². The van der Waals surface area contributed by atoms with Crippen LogP contribution in [0.4, 0.5) is 22.7 Å². The van der Waals surface area contributed by atoms with Crippen LogP contribution in [0.25, 0.3) is 22.8 Å². The highest BCUT2D eigenvalue weighted by atomic mass is 16.6. The maximum atomic E-state index is 11.9. The molecule has 1 aliphatic rings. The highest BCUT2D eigenvalue weighted by molar-refractivity contribution is 6.12. The molecule has 0 aromatic heterocycles. The van der Waals surface area contributed by atoms with Gasteiger partial charge in [0.05, 0.1) is 49.6 Å². The van der Waals surface area contributed by atoms with Crippen LogP contribution in [-0.4, -0.2) is 26.3 Å². The first-order valence-corrected chi connectivity index (χ1v) is 12.5. The van der Waals surface area contributed by atoms with Crippen molar-refractivity contribution in [1.82, 2.24) is 0 Å². The molecule has 0 spiro atoms. The van der Waals surface area contributed by atoms with Crippen molar-refractivity contribution in [3.8, 4) is 16.9 Å². The van der Waals surface area contributed by atoms with Crippen molar-refractivity contribution in [3.05, 3.63) is 106 Å². The lowest BCUT2D eigenvalue weighted by molar-refractivity contribution is -0.395. The van der Waals surface area contributed by atoms with Gasteiger partial charge in [-0.25, -0.2) is 0 Å². The van der Waals surface area contributed by atoms with Crippen molar-refractivity contribution < 1.29 is 24.4 Å². The number of unbranched alkanes of at least 4 members (excludes halogenated alkanes) is 4. The van der Waals surface area contributed by atoms with Crippen molar-refractivity contribution in [2.45, 2.75) is 39.0 Å². The number of benzene rings is 3. The number of hydrogen-bond acceptors (Lipinski definition) is 9. The van der Waals surface area contributed by atoms with Crippen molar-refractivity contribution in [3.63, 3.8) is 0 Å². The highest BCUT2D eigenvalue weighted by Gasteiger charge is 2.40. The third kappa shape index (κ3) is 5.62. The molecule has 0 N–H and O–H groups in total. The minimum absolute atomic E-state index is 0.00750. The molecule has 4 rings (SSSR count). The Hall–Kier alpha value is -5.20. The quantitative estimate of drug-likeness (QED) is 0.100.